The minimum atomic E-state index is -3.05. The van der Waals surface area contributed by atoms with Crippen LogP contribution in [0.2, 0.25) is 0 Å². The van der Waals surface area contributed by atoms with E-state index in [2.05, 4.69) is 14.9 Å². The van der Waals surface area contributed by atoms with E-state index in [1.54, 1.807) is 6.20 Å². The summed E-state index contributed by atoms with van der Waals surface area (Å²) in [5.74, 6) is 0.878. The van der Waals surface area contributed by atoms with E-state index >= 15 is 0 Å². The molecule has 1 aliphatic rings. The summed E-state index contributed by atoms with van der Waals surface area (Å²) in [7, 11) is -1.06. The highest BCUT2D eigenvalue weighted by molar-refractivity contribution is 7.88. The molecule has 1 aromatic heterocycles. The molecule has 1 aromatic rings. The third-order valence-electron chi connectivity index (χ3n) is 3.37. The van der Waals surface area contributed by atoms with Crippen LogP contribution in [-0.4, -0.2) is 55.1 Å². The van der Waals surface area contributed by atoms with E-state index in [1.807, 2.05) is 13.1 Å². The number of aromatic nitrogens is 2. The molecule has 1 saturated heterocycles. The van der Waals surface area contributed by atoms with Crippen molar-refractivity contribution < 1.29 is 8.42 Å². The van der Waals surface area contributed by atoms with E-state index in [4.69, 9.17) is 0 Å². The zero-order valence-electron chi connectivity index (χ0n) is 10.7. The number of hydrogen-bond acceptors (Lipinski definition) is 5. The second kappa shape index (κ2) is 5.19. The highest BCUT2D eigenvalue weighted by Gasteiger charge is 2.27. The Bertz CT molecular complexity index is 483. The number of piperidine rings is 1. The van der Waals surface area contributed by atoms with Crippen LogP contribution in [0.25, 0.3) is 0 Å². The number of hydrogen-bond donors (Lipinski definition) is 0. The first-order chi connectivity index (χ1) is 8.48. The molecule has 0 amide bonds. The van der Waals surface area contributed by atoms with Gasteiger partial charge in [-0.25, -0.2) is 22.7 Å². The summed E-state index contributed by atoms with van der Waals surface area (Å²) >= 11 is 0. The molecule has 6 nitrogen and oxygen atoms in total. The maximum atomic E-state index is 11.4. The molecule has 2 rings (SSSR count). The van der Waals surface area contributed by atoms with E-state index in [1.165, 1.54) is 16.9 Å². The second-order valence-corrected chi connectivity index (χ2v) is 6.55. The SMILES string of the molecule is CN(c1ccncn1)C1CCN(S(C)(=O)=O)CC1. The number of sulfonamides is 1. The molecule has 0 spiro atoms. The number of anilines is 1. The van der Waals surface area contributed by atoms with E-state index in [0.29, 0.717) is 19.1 Å². The summed E-state index contributed by atoms with van der Waals surface area (Å²) < 4.78 is 24.4. The lowest BCUT2D eigenvalue weighted by Gasteiger charge is -2.36. The van der Waals surface area contributed by atoms with Gasteiger partial charge in [-0.1, -0.05) is 0 Å². The standard InChI is InChI=1S/C11H18N4O2S/c1-14(11-3-6-12-9-13-11)10-4-7-15(8-5-10)18(2,16)17/h3,6,9-10H,4-5,7-8H2,1-2H3. The van der Waals surface area contributed by atoms with Crippen molar-refractivity contribution in [1.82, 2.24) is 14.3 Å². The molecular weight excluding hydrogens is 252 g/mol. The lowest BCUT2D eigenvalue weighted by molar-refractivity contribution is 0.316. The smallest absolute Gasteiger partial charge is 0.211 e. The zero-order valence-corrected chi connectivity index (χ0v) is 11.5. The molecule has 7 heteroatoms. The first kappa shape index (κ1) is 13.2. The van der Waals surface area contributed by atoms with E-state index in [9.17, 15) is 8.42 Å². The van der Waals surface area contributed by atoms with Crippen LogP contribution >= 0.6 is 0 Å². The normalized spacial score (nSPS) is 18.8. The van der Waals surface area contributed by atoms with Crippen molar-refractivity contribution in [2.75, 3.05) is 31.3 Å². The summed E-state index contributed by atoms with van der Waals surface area (Å²) in [5, 5.41) is 0. The highest BCUT2D eigenvalue weighted by atomic mass is 32.2. The Labute approximate surface area is 108 Å². The van der Waals surface area contributed by atoms with Crippen LogP contribution < -0.4 is 4.90 Å². The molecule has 18 heavy (non-hydrogen) atoms. The van der Waals surface area contributed by atoms with Gasteiger partial charge in [0.1, 0.15) is 12.1 Å². The zero-order chi connectivity index (χ0) is 13.2. The van der Waals surface area contributed by atoms with Gasteiger partial charge >= 0.3 is 0 Å². The van der Waals surface area contributed by atoms with Crippen LogP contribution in [0.15, 0.2) is 18.6 Å². The summed E-state index contributed by atoms with van der Waals surface area (Å²) in [4.78, 5) is 10.2. The lowest BCUT2D eigenvalue weighted by Crippen LogP contribution is -2.45. The predicted octanol–water partition coefficient (Wildman–Crippen LogP) is 0.337. The monoisotopic (exact) mass is 270 g/mol. The van der Waals surface area contributed by atoms with Gasteiger partial charge in [-0.05, 0) is 18.9 Å². The first-order valence-electron chi connectivity index (χ1n) is 5.92. The Balaban J connectivity index is 1.98. The van der Waals surface area contributed by atoms with Crippen LogP contribution in [0.3, 0.4) is 0 Å². The molecule has 0 bridgehead atoms. The highest BCUT2D eigenvalue weighted by Crippen LogP contribution is 2.20. The predicted molar refractivity (Wildman–Crippen MR) is 69.9 cm³/mol. The van der Waals surface area contributed by atoms with Crippen LogP contribution in [0.1, 0.15) is 12.8 Å². The van der Waals surface area contributed by atoms with E-state index < -0.39 is 10.0 Å². The van der Waals surface area contributed by atoms with Crippen LogP contribution in [-0.2, 0) is 10.0 Å². The van der Waals surface area contributed by atoms with E-state index in [-0.39, 0.29) is 0 Å². The molecule has 2 heterocycles. The molecule has 0 saturated carbocycles. The second-order valence-electron chi connectivity index (χ2n) is 4.57. The summed E-state index contributed by atoms with van der Waals surface area (Å²) in [5.41, 5.74) is 0. The quantitative estimate of drug-likeness (QED) is 0.792. The van der Waals surface area contributed by atoms with Crippen molar-refractivity contribution in [1.29, 1.82) is 0 Å². The molecule has 0 aromatic carbocycles. The van der Waals surface area contributed by atoms with Gasteiger partial charge in [0.25, 0.3) is 0 Å². The van der Waals surface area contributed by atoms with Gasteiger partial charge in [0.15, 0.2) is 0 Å². The van der Waals surface area contributed by atoms with Crippen molar-refractivity contribution in [2.24, 2.45) is 0 Å². The molecule has 0 N–H and O–H groups in total. The maximum absolute atomic E-state index is 11.4. The minimum absolute atomic E-state index is 0.331. The molecule has 0 aliphatic carbocycles. The molecule has 0 atom stereocenters. The summed E-state index contributed by atoms with van der Waals surface area (Å²) in [6.45, 7) is 1.16. The molecule has 1 aliphatic heterocycles. The number of nitrogens with zero attached hydrogens (tertiary/aromatic N) is 4. The molecular formula is C11H18N4O2S. The Morgan fingerprint density at radius 3 is 2.56 bits per heavy atom. The fourth-order valence-electron chi connectivity index (χ4n) is 2.24. The molecule has 0 radical (unpaired) electrons. The average Bonchev–Trinajstić information content (AvgIpc) is 2.38. The number of rotatable bonds is 3. The maximum Gasteiger partial charge on any atom is 0.211 e. The van der Waals surface area contributed by atoms with Crippen LogP contribution in [0, 0.1) is 0 Å². The third kappa shape index (κ3) is 2.97. The largest absolute Gasteiger partial charge is 0.356 e. The molecule has 1 fully saturated rings. The van der Waals surface area contributed by atoms with Gasteiger partial charge in [-0.3, -0.25) is 0 Å². The van der Waals surface area contributed by atoms with Crippen molar-refractivity contribution in [2.45, 2.75) is 18.9 Å². The van der Waals surface area contributed by atoms with Crippen molar-refractivity contribution in [3.05, 3.63) is 18.6 Å². The lowest BCUT2D eigenvalue weighted by atomic mass is 10.1. The van der Waals surface area contributed by atoms with Crippen molar-refractivity contribution in [3.63, 3.8) is 0 Å². The van der Waals surface area contributed by atoms with Gasteiger partial charge in [0.05, 0.1) is 6.26 Å². The van der Waals surface area contributed by atoms with Gasteiger partial charge < -0.3 is 4.90 Å². The van der Waals surface area contributed by atoms with Crippen LogP contribution in [0.4, 0.5) is 5.82 Å². The minimum Gasteiger partial charge on any atom is -0.356 e. The first-order valence-corrected chi connectivity index (χ1v) is 7.77. The molecule has 100 valence electrons. The Hall–Kier alpha value is -1.21. The molecule has 0 unspecified atom stereocenters. The van der Waals surface area contributed by atoms with Gasteiger partial charge in [0, 0.05) is 32.4 Å². The van der Waals surface area contributed by atoms with Gasteiger partial charge in [0.2, 0.25) is 10.0 Å². The third-order valence-corrected chi connectivity index (χ3v) is 4.67. The summed E-state index contributed by atoms with van der Waals surface area (Å²) in [6, 6.07) is 2.20. The Morgan fingerprint density at radius 1 is 1.39 bits per heavy atom. The summed E-state index contributed by atoms with van der Waals surface area (Å²) in [6.07, 6.45) is 6.16. The van der Waals surface area contributed by atoms with Gasteiger partial charge in [-0.2, -0.15) is 0 Å². The van der Waals surface area contributed by atoms with Crippen LogP contribution in [0.5, 0.6) is 0 Å². The Morgan fingerprint density at radius 2 is 2.06 bits per heavy atom. The van der Waals surface area contributed by atoms with Gasteiger partial charge in [-0.15, -0.1) is 0 Å². The fraction of sp³-hybridized carbons (Fsp3) is 0.636. The van der Waals surface area contributed by atoms with E-state index in [0.717, 1.165) is 18.7 Å². The Kier molecular flexibility index (Phi) is 3.82. The average molecular weight is 270 g/mol. The van der Waals surface area contributed by atoms with Crippen molar-refractivity contribution in [3.8, 4) is 0 Å². The topological polar surface area (TPSA) is 66.4 Å². The van der Waals surface area contributed by atoms with Crippen molar-refractivity contribution >= 4 is 15.8 Å². The fourth-order valence-corrected chi connectivity index (χ4v) is 3.11.